The zero-order valence-electron chi connectivity index (χ0n) is 17.5. The Labute approximate surface area is 187 Å². The molecule has 0 aromatic heterocycles. The maximum atomic E-state index is 12.4. The molecule has 0 rings (SSSR count). The van der Waals surface area contributed by atoms with Gasteiger partial charge in [-0.15, -0.1) is 0 Å². The predicted molar refractivity (Wildman–Crippen MR) is 108 cm³/mol. The molecule has 16 nitrogen and oxygen atoms in total. The number of carboxylic acid groups (broad SMARTS) is 2. The second-order valence-electron chi connectivity index (χ2n) is 6.92. The first-order chi connectivity index (χ1) is 15.3. The van der Waals surface area contributed by atoms with Crippen LogP contribution in [0.25, 0.3) is 0 Å². The number of carbonyl (C=O) groups excluding carboxylic acids is 5. The molecule has 16 heteroatoms. The molecule has 0 radical (unpaired) electrons. The third kappa shape index (κ3) is 12.0. The highest BCUT2D eigenvalue weighted by atomic mass is 16.4. The molecular formula is C17H28N6O10. The van der Waals surface area contributed by atoms with E-state index < -0.39 is 91.5 Å². The Morgan fingerprint density at radius 1 is 0.697 bits per heavy atom. The minimum Gasteiger partial charge on any atom is -0.481 e. The molecule has 0 spiro atoms. The van der Waals surface area contributed by atoms with Gasteiger partial charge in [-0.3, -0.25) is 28.8 Å². The van der Waals surface area contributed by atoms with Crippen LogP contribution in [0.4, 0.5) is 0 Å². The number of aliphatic hydroxyl groups is 1. The van der Waals surface area contributed by atoms with Crippen molar-refractivity contribution < 1.29 is 48.9 Å². The molecule has 4 unspecified atom stereocenters. The van der Waals surface area contributed by atoms with Gasteiger partial charge in [0.05, 0.1) is 19.1 Å². The number of hydrogen-bond donors (Lipinski definition) is 9. The Kier molecular flexibility index (Phi) is 12.7. The summed E-state index contributed by atoms with van der Waals surface area (Å²) in [6.45, 7) is -0.943. The van der Waals surface area contributed by atoms with E-state index in [1.54, 1.807) is 0 Å². The van der Waals surface area contributed by atoms with E-state index in [1.165, 1.54) is 0 Å². The third-order valence-electron chi connectivity index (χ3n) is 4.15. The van der Waals surface area contributed by atoms with Crippen LogP contribution in [0, 0.1) is 0 Å². The summed E-state index contributed by atoms with van der Waals surface area (Å²) in [6.07, 6.45) is -2.18. The lowest BCUT2D eigenvalue weighted by molar-refractivity contribution is -0.143. The number of rotatable bonds is 16. The van der Waals surface area contributed by atoms with Gasteiger partial charge in [0.2, 0.25) is 29.5 Å². The van der Waals surface area contributed by atoms with E-state index >= 15 is 0 Å². The van der Waals surface area contributed by atoms with Crippen molar-refractivity contribution in [1.29, 1.82) is 0 Å². The summed E-state index contributed by atoms with van der Waals surface area (Å²) in [6, 6.07) is -6.20. The molecule has 0 aromatic rings. The molecule has 0 aliphatic heterocycles. The number of nitrogens with two attached hydrogens (primary N) is 3. The molecule has 0 saturated carbocycles. The Morgan fingerprint density at radius 2 is 1.21 bits per heavy atom. The Morgan fingerprint density at radius 3 is 1.67 bits per heavy atom. The maximum Gasteiger partial charge on any atom is 0.326 e. The number of aliphatic carboxylic acids is 2. The molecule has 5 amide bonds. The monoisotopic (exact) mass is 476 g/mol. The van der Waals surface area contributed by atoms with Gasteiger partial charge in [0.1, 0.15) is 18.1 Å². The van der Waals surface area contributed by atoms with E-state index in [4.69, 9.17) is 27.4 Å². The van der Waals surface area contributed by atoms with E-state index in [1.807, 2.05) is 5.32 Å². The van der Waals surface area contributed by atoms with Gasteiger partial charge < -0.3 is 48.5 Å². The number of nitrogens with one attached hydrogen (secondary N) is 3. The van der Waals surface area contributed by atoms with Crippen molar-refractivity contribution in [3.05, 3.63) is 0 Å². The van der Waals surface area contributed by atoms with Crippen molar-refractivity contribution in [2.75, 3.05) is 6.61 Å². The first-order valence-corrected chi connectivity index (χ1v) is 9.57. The van der Waals surface area contributed by atoms with Gasteiger partial charge in [0.25, 0.3) is 0 Å². The molecule has 0 fully saturated rings. The van der Waals surface area contributed by atoms with Crippen LogP contribution < -0.4 is 33.2 Å². The quantitative estimate of drug-likeness (QED) is 0.101. The minimum atomic E-state index is -1.70. The zero-order chi connectivity index (χ0) is 25.7. The highest BCUT2D eigenvalue weighted by molar-refractivity contribution is 5.96. The molecule has 0 heterocycles. The van der Waals surface area contributed by atoms with Crippen LogP contribution in [-0.4, -0.2) is 87.6 Å². The summed E-state index contributed by atoms with van der Waals surface area (Å²) in [7, 11) is 0. The summed E-state index contributed by atoms with van der Waals surface area (Å²) in [5, 5.41) is 33.3. The number of primary amides is 2. The smallest absolute Gasteiger partial charge is 0.326 e. The fourth-order valence-electron chi connectivity index (χ4n) is 2.38. The van der Waals surface area contributed by atoms with Crippen LogP contribution in [0.15, 0.2) is 0 Å². The maximum absolute atomic E-state index is 12.4. The average Bonchev–Trinajstić information content (AvgIpc) is 2.71. The van der Waals surface area contributed by atoms with Crippen molar-refractivity contribution in [1.82, 2.24) is 16.0 Å². The molecule has 186 valence electrons. The third-order valence-corrected chi connectivity index (χ3v) is 4.15. The van der Waals surface area contributed by atoms with Crippen LogP contribution in [0.5, 0.6) is 0 Å². The summed E-state index contributed by atoms with van der Waals surface area (Å²) in [5.74, 6) is -7.84. The zero-order valence-corrected chi connectivity index (χ0v) is 17.5. The first kappa shape index (κ1) is 29.2. The molecule has 33 heavy (non-hydrogen) atoms. The van der Waals surface area contributed by atoms with Crippen molar-refractivity contribution in [3.8, 4) is 0 Å². The van der Waals surface area contributed by atoms with Crippen LogP contribution in [0.1, 0.15) is 32.1 Å². The highest BCUT2D eigenvalue weighted by Crippen LogP contribution is 2.02. The van der Waals surface area contributed by atoms with Crippen LogP contribution >= 0.6 is 0 Å². The average molecular weight is 476 g/mol. The van der Waals surface area contributed by atoms with E-state index in [0.717, 1.165) is 0 Å². The molecule has 4 atom stereocenters. The number of aliphatic hydroxyl groups excluding tert-OH is 1. The van der Waals surface area contributed by atoms with Gasteiger partial charge in [-0.05, 0) is 12.8 Å². The molecule has 0 aromatic carbocycles. The molecular weight excluding hydrogens is 448 g/mol. The van der Waals surface area contributed by atoms with E-state index in [9.17, 15) is 38.7 Å². The summed E-state index contributed by atoms with van der Waals surface area (Å²) >= 11 is 0. The Balaban J connectivity index is 5.26. The molecule has 0 aliphatic carbocycles. The highest BCUT2D eigenvalue weighted by Gasteiger charge is 2.31. The van der Waals surface area contributed by atoms with E-state index in [0.29, 0.717) is 0 Å². The summed E-state index contributed by atoms with van der Waals surface area (Å²) in [4.78, 5) is 80.8. The van der Waals surface area contributed by atoms with Crippen molar-refractivity contribution >= 4 is 41.5 Å². The first-order valence-electron chi connectivity index (χ1n) is 9.57. The summed E-state index contributed by atoms with van der Waals surface area (Å²) < 4.78 is 0. The van der Waals surface area contributed by atoms with E-state index in [2.05, 4.69) is 10.6 Å². The Hall–Kier alpha value is -3.79. The van der Waals surface area contributed by atoms with Crippen molar-refractivity contribution in [2.45, 2.75) is 56.3 Å². The summed E-state index contributed by atoms with van der Waals surface area (Å²) in [5.41, 5.74) is 15.6. The largest absolute Gasteiger partial charge is 0.481 e. The number of hydrogen-bond acceptors (Lipinski definition) is 9. The SMILES string of the molecule is NC(=O)CCC(N)C(=O)NC(CO)C(=O)NC(CC(N)=O)C(=O)NC(CCC(=O)O)C(=O)O. The lowest BCUT2D eigenvalue weighted by Gasteiger charge is -2.23. The lowest BCUT2D eigenvalue weighted by atomic mass is 10.1. The minimum absolute atomic E-state index is 0.138. The van der Waals surface area contributed by atoms with Crippen molar-refractivity contribution in [3.63, 3.8) is 0 Å². The number of carboxylic acids is 2. The fourth-order valence-corrected chi connectivity index (χ4v) is 2.38. The van der Waals surface area contributed by atoms with E-state index in [-0.39, 0.29) is 12.8 Å². The van der Waals surface area contributed by atoms with Crippen LogP contribution in [0.2, 0.25) is 0 Å². The van der Waals surface area contributed by atoms with Gasteiger partial charge in [0, 0.05) is 12.8 Å². The second kappa shape index (κ2) is 14.3. The van der Waals surface area contributed by atoms with Crippen LogP contribution in [-0.2, 0) is 33.6 Å². The fraction of sp³-hybridized carbons (Fsp3) is 0.588. The molecule has 0 aliphatic rings. The van der Waals surface area contributed by atoms with Crippen LogP contribution in [0.3, 0.4) is 0 Å². The van der Waals surface area contributed by atoms with Gasteiger partial charge in [-0.1, -0.05) is 0 Å². The molecule has 0 bridgehead atoms. The van der Waals surface area contributed by atoms with Gasteiger partial charge in [0.15, 0.2) is 0 Å². The Bertz CT molecular complexity index is 773. The van der Waals surface area contributed by atoms with Gasteiger partial charge in [-0.25, -0.2) is 4.79 Å². The van der Waals surface area contributed by atoms with Gasteiger partial charge >= 0.3 is 11.9 Å². The number of amides is 5. The normalized spacial score (nSPS) is 14.1. The lowest BCUT2D eigenvalue weighted by Crippen LogP contribution is -2.58. The molecule has 12 N–H and O–H groups in total. The second-order valence-corrected chi connectivity index (χ2v) is 6.92. The topological polar surface area (TPSA) is 294 Å². The number of carbonyl (C=O) groups is 7. The van der Waals surface area contributed by atoms with Gasteiger partial charge in [-0.2, -0.15) is 0 Å². The standard InChI is InChI=1S/C17H28N6O10/c18-7(1-3-11(19)25)14(29)23-10(6-24)16(31)22-9(5-12(20)26)15(30)21-8(17(32)33)2-4-13(27)28/h7-10,24H,1-6,18H2,(H2,19,25)(H2,20,26)(H,21,30)(H,22,31)(H,23,29)(H,27,28)(H,32,33). The molecule has 0 saturated heterocycles. The predicted octanol–water partition coefficient (Wildman–Crippen LogP) is -5.15. The van der Waals surface area contributed by atoms with Crippen molar-refractivity contribution in [2.24, 2.45) is 17.2 Å².